The fourth-order valence-electron chi connectivity index (χ4n) is 2.73. The lowest BCUT2D eigenvalue weighted by molar-refractivity contribution is -0.137. The molecule has 0 radical (unpaired) electrons. The summed E-state index contributed by atoms with van der Waals surface area (Å²) in [4.78, 5) is 17.9. The van der Waals surface area contributed by atoms with Crippen LogP contribution in [0.3, 0.4) is 0 Å². The van der Waals surface area contributed by atoms with Gasteiger partial charge in [0, 0.05) is 31.7 Å². The summed E-state index contributed by atoms with van der Waals surface area (Å²) in [5.74, 6) is 0.216. The molecule has 1 aliphatic rings. The van der Waals surface area contributed by atoms with Crippen molar-refractivity contribution in [3.63, 3.8) is 0 Å². The fraction of sp³-hybridized carbons (Fsp3) is 0.571. The minimum absolute atomic E-state index is 0.216. The van der Waals surface area contributed by atoms with Crippen molar-refractivity contribution in [1.82, 2.24) is 29.4 Å². The van der Waals surface area contributed by atoms with Gasteiger partial charge in [0.1, 0.15) is 12.7 Å². The first-order chi connectivity index (χ1) is 10.1. The zero-order valence-electron chi connectivity index (χ0n) is 12.4. The first-order valence-electron chi connectivity index (χ1n) is 7.26. The molecule has 7 nitrogen and oxygen atoms in total. The first-order valence-corrected chi connectivity index (χ1v) is 7.26. The molecule has 3 rings (SSSR count). The van der Waals surface area contributed by atoms with Crippen LogP contribution in [0.25, 0.3) is 0 Å². The monoisotopic (exact) mass is 288 g/mol. The van der Waals surface area contributed by atoms with Crippen LogP contribution >= 0.6 is 0 Å². The van der Waals surface area contributed by atoms with Crippen LogP contribution in [-0.2, 0) is 11.3 Å². The summed E-state index contributed by atoms with van der Waals surface area (Å²) >= 11 is 0. The molecule has 3 heterocycles. The normalized spacial score (nSPS) is 15.2. The average Bonchev–Trinajstić information content (AvgIpc) is 2.98. The molecule has 0 unspecified atom stereocenters. The van der Waals surface area contributed by atoms with Gasteiger partial charge in [0.25, 0.3) is 0 Å². The Balaban J connectivity index is 1.43. The SMILES string of the molecule is Cc1cc(C)n(C2CN(C(=O)CCCn3cncn3)C2)n1. The van der Waals surface area contributed by atoms with E-state index >= 15 is 0 Å². The van der Waals surface area contributed by atoms with Gasteiger partial charge in [-0.05, 0) is 26.3 Å². The number of aryl methyl sites for hydroxylation is 3. The molecule has 0 spiro atoms. The largest absolute Gasteiger partial charge is 0.338 e. The second kappa shape index (κ2) is 5.67. The van der Waals surface area contributed by atoms with Gasteiger partial charge in [-0.2, -0.15) is 10.2 Å². The maximum atomic E-state index is 12.1. The molecule has 1 saturated heterocycles. The van der Waals surface area contributed by atoms with Crippen LogP contribution in [-0.4, -0.2) is 48.4 Å². The number of rotatable bonds is 5. The summed E-state index contributed by atoms with van der Waals surface area (Å²) < 4.78 is 3.79. The molecule has 2 aromatic heterocycles. The predicted octanol–water partition coefficient (Wildman–Crippen LogP) is 0.955. The van der Waals surface area contributed by atoms with Crippen LogP contribution in [0, 0.1) is 13.8 Å². The van der Waals surface area contributed by atoms with Crippen LogP contribution in [0.4, 0.5) is 0 Å². The van der Waals surface area contributed by atoms with E-state index in [9.17, 15) is 4.79 Å². The lowest BCUT2D eigenvalue weighted by Crippen LogP contribution is -2.51. The van der Waals surface area contributed by atoms with Gasteiger partial charge in [-0.15, -0.1) is 0 Å². The molecular weight excluding hydrogens is 268 g/mol. The second-order valence-corrected chi connectivity index (χ2v) is 5.59. The summed E-state index contributed by atoms with van der Waals surface area (Å²) in [6.45, 7) is 6.33. The standard InChI is InChI=1S/C14H20N6O/c1-11-6-12(2)20(17-11)13-7-18(8-13)14(21)4-3-5-19-10-15-9-16-19/h6,9-10,13H,3-5,7-8H2,1-2H3. The number of likely N-dealkylation sites (tertiary alicyclic amines) is 1. The molecule has 2 aromatic rings. The van der Waals surface area contributed by atoms with Crippen molar-refractivity contribution in [3.05, 3.63) is 30.1 Å². The van der Waals surface area contributed by atoms with Gasteiger partial charge in [-0.3, -0.25) is 14.2 Å². The molecule has 112 valence electrons. The summed E-state index contributed by atoms with van der Waals surface area (Å²) in [6, 6.07) is 2.40. The van der Waals surface area contributed by atoms with Gasteiger partial charge in [0.2, 0.25) is 5.91 Å². The van der Waals surface area contributed by atoms with E-state index in [4.69, 9.17) is 0 Å². The van der Waals surface area contributed by atoms with Gasteiger partial charge in [-0.1, -0.05) is 0 Å². The minimum Gasteiger partial charge on any atom is -0.338 e. The number of hydrogen-bond donors (Lipinski definition) is 0. The summed E-state index contributed by atoms with van der Waals surface area (Å²) in [7, 11) is 0. The van der Waals surface area contributed by atoms with E-state index in [0.717, 1.165) is 37.4 Å². The molecular formula is C14H20N6O. The van der Waals surface area contributed by atoms with E-state index in [1.165, 1.54) is 6.33 Å². The minimum atomic E-state index is 0.216. The smallest absolute Gasteiger partial charge is 0.222 e. The molecule has 1 aliphatic heterocycles. The van der Waals surface area contributed by atoms with E-state index in [1.54, 1.807) is 11.0 Å². The number of amides is 1. The van der Waals surface area contributed by atoms with Crippen LogP contribution in [0.1, 0.15) is 30.3 Å². The number of carbonyl (C=O) groups is 1. The Bertz CT molecular complexity index is 611. The Morgan fingerprint density at radius 2 is 2.19 bits per heavy atom. The third-order valence-electron chi connectivity index (χ3n) is 3.85. The van der Waals surface area contributed by atoms with E-state index in [2.05, 4.69) is 28.2 Å². The van der Waals surface area contributed by atoms with Gasteiger partial charge in [-0.25, -0.2) is 4.98 Å². The number of aromatic nitrogens is 5. The maximum absolute atomic E-state index is 12.1. The summed E-state index contributed by atoms with van der Waals surface area (Å²) in [6.07, 6.45) is 4.54. The van der Waals surface area contributed by atoms with Gasteiger partial charge in [0.05, 0.1) is 11.7 Å². The quantitative estimate of drug-likeness (QED) is 0.821. The molecule has 1 amide bonds. The predicted molar refractivity (Wildman–Crippen MR) is 76.6 cm³/mol. The third-order valence-corrected chi connectivity index (χ3v) is 3.85. The number of hydrogen-bond acceptors (Lipinski definition) is 4. The topological polar surface area (TPSA) is 68.8 Å². The third kappa shape index (κ3) is 2.96. The van der Waals surface area contributed by atoms with Crippen LogP contribution in [0.5, 0.6) is 0 Å². The van der Waals surface area contributed by atoms with Crippen molar-refractivity contribution in [1.29, 1.82) is 0 Å². The number of carbonyl (C=O) groups excluding carboxylic acids is 1. The van der Waals surface area contributed by atoms with Crippen molar-refractivity contribution in [3.8, 4) is 0 Å². The Labute approximate surface area is 123 Å². The molecule has 0 aliphatic carbocycles. The highest BCUT2D eigenvalue weighted by molar-refractivity contribution is 5.77. The summed E-state index contributed by atoms with van der Waals surface area (Å²) in [5.41, 5.74) is 2.20. The van der Waals surface area contributed by atoms with Crippen LogP contribution in [0.2, 0.25) is 0 Å². The van der Waals surface area contributed by atoms with Gasteiger partial charge < -0.3 is 4.90 Å². The van der Waals surface area contributed by atoms with E-state index in [1.807, 2.05) is 16.5 Å². The van der Waals surface area contributed by atoms with Crippen LogP contribution in [0.15, 0.2) is 18.7 Å². The van der Waals surface area contributed by atoms with Gasteiger partial charge >= 0.3 is 0 Å². The highest BCUT2D eigenvalue weighted by Gasteiger charge is 2.32. The lowest BCUT2D eigenvalue weighted by atomic mass is 10.1. The van der Waals surface area contributed by atoms with E-state index in [-0.39, 0.29) is 5.91 Å². The highest BCUT2D eigenvalue weighted by Crippen LogP contribution is 2.23. The molecule has 0 aromatic carbocycles. The molecule has 7 heteroatoms. The Morgan fingerprint density at radius 1 is 1.38 bits per heavy atom. The zero-order valence-corrected chi connectivity index (χ0v) is 12.4. The molecule has 0 N–H and O–H groups in total. The Kier molecular flexibility index (Phi) is 3.72. The molecule has 21 heavy (non-hydrogen) atoms. The highest BCUT2D eigenvalue weighted by atomic mass is 16.2. The zero-order chi connectivity index (χ0) is 14.8. The van der Waals surface area contributed by atoms with Crippen LogP contribution < -0.4 is 0 Å². The Morgan fingerprint density at radius 3 is 2.81 bits per heavy atom. The van der Waals surface area contributed by atoms with Gasteiger partial charge in [0.15, 0.2) is 0 Å². The van der Waals surface area contributed by atoms with Crippen molar-refractivity contribution in [2.24, 2.45) is 0 Å². The molecule has 0 saturated carbocycles. The average molecular weight is 288 g/mol. The maximum Gasteiger partial charge on any atom is 0.222 e. The fourth-order valence-corrected chi connectivity index (χ4v) is 2.73. The first kappa shape index (κ1) is 13.8. The molecule has 1 fully saturated rings. The van der Waals surface area contributed by atoms with Crippen molar-refractivity contribution >= 4 is 5.91 Å². The molecule has 0 bridgehead atoms. The lowest BCUT2D eigenvalue weighted by Gasteiger charge is -2.39. The van der Waals surface area contributed by atoms with E-state index < -0.39 is 0 Å². The van der Waals surface area contributed by atoms with Crippen molar-refractivity contribution in [2.45, 2.75) is 39.3 Å². The molecule has 0 atom stereocenters. The van der Waals surface area contributed by atoms with Crippen molar-refractivity contribution in [2.75, 3.05) is 13.1 Å². The van der Waals surface area contributed by atoms with Crippen molar-refractivity contribution < 1.29 is 4.79 Å². The van der Waals surface area contributed by atoms with E-state index in [0.29, 0.717) is 12.5 Å². The Hall–Kier alpha value is -2.18. The number of nitrogens with zero attached hydrogens (tertiary/aromatic N) is 6. The second-order valence-electron chi connectivity index (χ2n) is 5.59. The summed E-state index contributed by atoms with van der Waals surface area (Å²) in [5, 5.41) is 8.51.